The van der Waals surface area contributed by atoms with Crippen molar-refractivity contribution in [1.82, 2.24) is 4.90 Å². The summed E-state index contributed by atoms with van der Waals surface area (Å²) < 4.78 is 5.33. The number of hydrogen-bond donors (Lipinski definition) is 0. The van der Waals surface area contributed by atoms with E-state index in [9.17, 15) is 4.79 Å². The van der Waals surface area contributed by atoms with E-state index in [0.29, 0.717) is 13.1 Å². The third-order valence-corrected chi connectivity index (χ3v) is 2.04. The highest BCUT2D eigenvalue weighted by Crippen LogP contribution is 2.10. The average molecular weight is 239 g/mol. The smallest absolute Gasteiger partial charge is 0.410 e. The Labute approximate surface area is 105 Å². The van der Waals surface area contributed by atoms with E-state index in [1.165, 1.54) is 0 Å². The molecule has 3 nitrogen and oxygen atoms in total. The van der Waals surface area contributed by atoms with Gasteiger partial charge in [0.2, 0.25) is 0 Å². The highest BCUT2D eigenvalue weighted by molar-refractivity contribution is 5.68. The van der Waals surface area contributed by atoms with Crippen molar-refractivity contribution in [2.24, 2.45) is 0 Å². The molecule has 0 N–H and O–H groups in total. The number of nitrogens with zero attached hydrogens (tertiary/aromatic N) is 1. The molecule has 1 amide bonds. The lowest BCUT2D eigenvalue weighted by Gasteiger charge is -2.26. The van der Waals surface area contributed by atoms with Crippen LogP contribution in [0.15, 0.2) is 24.8 Å². The summed E-state index contributed by atoms with van der Waals surface area (Å²) in [7, 11) is 0. The first-order valence-electron chi connectivity index (χ1n) is 6.10. The molecule has 0 heterocycles. The Morgan fingerprint density at radius 3 is 2.53 bits per heavy atom. The van der Waals surface area contributed by atoms with Gasteiger partial charge in [0.1, 0.15) is 5.60 Å². The summed E-state index contributed by atoms with van der Waals surface area (Å²) >= 11 is 0. The molecule has 3 heteroatoms. The lowest BCUT2D eigenvalue weighted by Crippen LogP contribution is -2.37. The first kappa shape index (κ1) is 15.8. The van der Waals surface area contributed by atoms with Gasteiger partial charge >= 0.3 is 6.09 Å². The van der Waals surface area contributed by atoms with E-state index >= 15 is 0 Å². The maximum absolute atomic E-state index is 11.9. The van der Waals surface area contributed by atoms with Crippen molar-refractivity contribution in [3.05, 3.63) is 24.8 Å². The predicted octanol–water partition coefficient (Wildman–Crippen LogP) is 3.77. The molecule has 0 fully saturated rings. The van der Waals surface area contributed by atoms with E-state index in [4.69, 9.17) is 4.74 Å². The maximum atomic E-state index is 11.9. The number of unbranched alkanes of at least 4 members (excludes halogenated alkanes) is 1. The molecular weight excluding hydrogens is 214 g/mol. The van der Waals surface area contributed by atoms with Gasteiger partial charge in [-0.25, -0.2) is 4.79 Å². The molecule has 0 aliphatic carbocycles. The number of rotatable bonds is 6. The number of carbonyl (C=O) groups is 1. The van der Waals surface area contributed by atoms with E-state index in [-0.39, 0.29) is 6.09 Å². The number of allylic oxidation sites excluding steroid dienone is 2. The van der Waals surface area contributed by atoms with Gasteiger partial charge in [-0.2, -0.15) is 0 Å². The summed E-state index contributed by atoms with van der Waals surface area (Å²) in [6.07, 6.45) is 7.49. The van der Waals surface area contributed by atoms with Gasteiger partial charge in [-0.1, -0.05) is 18.2 Å². The lowest BCUT2D eigenvalue weighted by molar-refractivity contribution is 0.0270. The SMILES string of the molecule is C=CCN(CCC/C=C/C)C(=O)OC(C)(C)C. The van der Waals surface area contributed by atoms with Crippen LogP contribution in [-0.4, -0.2) is 29.7 Å². The van der Waals surface area contributed by atoms with Gasteiger partial charge in [0.15, 0.2) is 0 Å². The Morgan fingerprint density at radius 1 is 1.41 bits per heavy atom. The number of ether oxygens (including phenoxy) is 1. The minimum atomic E-state index is -0.445. The molecule has 17 heavy (non-hydrogen) atoms. The van der Waals surface area contributed by atoms with Gasteiger partial charge < -0.3 is 9.64 Å². The molecule has 0 radical (unpaired) electrons. The normalized spacial score (nSPS) is 11.5. The highest BCUT2D eigenvalue weighted by atomic mass is 16.6. The van der Waals surface area contributed by atoms with Gasteiger partial charge in [0, 0.05) is 13.1 Å². The third kappa shape index (κ3) is 8.55. The Bertz CT molecular complexity index is 264. The monoisotopic (exact) mass is 239 g/mol. The fourth-order valence-corrected chi connectivity index (χ4v) is 1.31. The second-order valence-corrected chi connectivity index (χ2v) is 4.93. The molecule has 0 aromatic carbocycles. The van der Waals surface area contributed by atoms with Crippen LogP contribution in [0, 0.1) is 0 Å². The van der Waals surface area contributed by atoms with Gasteiger partial charge in [-0.15, -0.1) is 6.58 Å². The summed E-state index contributed by atoms with van der Waals surface area (Å²) in [5, 5.41) is 0. The zero-order valence-electron chi connectivity index (χ0n) is 11.5. The molecule has 0 aliphatic heterocycles. The Morgan fingerprint density at radius 2 is 2.06 bits per heavy atom. The van der Waals surface area contributed by atoms with Crippen LogP contribution >= 0.6 is 0 Å². The fourth-order valence-electron chi connectivity index (χ4n) is 1.31. The minimum absolute atomic E-state index is 0.266. The number of amides is 1. The van der Waals surface area contributed by atoms with Crippen LogP contribution < -0.4 is 0 Å². The Balaban J connectivity index is 4.21. The first-order chi connectivity index (χ1) is 7.90. The average Bonchev–Trinajstić information content (AvgIpc) is 2.20. The van der Waals surface area contributed by atoms with Crippen molar-refractivity contribution in [3.63, 3.8) is 0 Å². The Kier molecular flexibility index (Phi) is 7.35. The van der Waals surface area contributed by atoms with Crippen molar-refractivity contribution in [3.8, 4) is 0 Å². The van der Waals surface area contributed by atoms with Crippen LogP contribution in [0.2, 0.25) is 0 Å². The van der Waals surface area contributed by atoms with E-state index < -0.39 is 5.60 Å². The van der Waals surface area contributed by atoms with Crippen molar-refractivity contribution in [2.45, 2.75) is 46.1 Å². The van der Waals surface area contributed by atoms with Crippen molar-refractivity contribution >= 4 is 6.09 Å². The molecule has 0 saturated heterocycles. The molecule has 98 valence electrons. The Hall–Kier alpha value is -1.25. The van der Waals surface area contributed by atoms with Crippen LogP contribution in [0.25, 0.3) is 0 Å². The fraction of sp³-hybridized carbons (Fsp3) is 0.643. The lowest BCUT2D eigenvalue weighted by atomic mass is 10.2. The second-order valence-electron chi connectivity index (χ2n) is 4.93. The standard InChI is InChI=1S/C14H25NO2/c1-6-8-9-10-12-15(11-7-2)13(16)17-14(3,4)5/h6-8H,2,9-12H2,1,3-5H3/b8-6+. The maximum Gasteiger partial charge on any atom is 0.410 e. The zero-order valence-corrected chi connectivity index (χ0v) is 11.5. The molecule has 0 aromatic heterocycles. The molecule has 0 atom stereocenters. The second kappa shape index (κ2) is 7.93. The topological polar surface area (TPSA) is 29.5 Å². The molecule has 0 bridgehead atoms. The molecule has 0 aliphatic rings. The summed E-state index contributed by atoms with van der Waals surface area (Å²) in [6.45, 7) is 12.5. The minimum Gasteiger partial charge on any atom is -0.444 e. The van der Waals surface area contributed by atoms with Crippen LogP contribution in [-0.2, 0) is 4.74 Å². The molecule has 0 spiro atoms. The van der Waals surface area contributed by atoms with Gasteiger partial charge in [0.25, 0.3) is 0 Å². The summed E-state index contributed by atoms with van der Waals surface area (Å²) in [4.78, 5) is 13.5. The van der Waals surface area contributed by atoms with Gasteiger partial charge in [0.05, 0.1) is 0 Å². The van der Waals surface area contributed by atoms with E-state index in [2.05, 4.69) is 12.7 Å². The van der Waals surface area contributed by atoms with E-state index in [0.717, 1.165) is 12.8 Å². The van der Waals surface area contributed by atoms with Crippen LogP contribution in [0.5, 0.6) is 0 Å². The first-order valence-corrected chi connectivity index (χ1v) is 6.10. The summed E-state index contributed by atoms with van der Waals surface area (Å²) in [5.74, 6) is 0. The number of hydrogen-bond acceptors (Lipinski definition) is 2. The van der Waals surface area contributed by atoms with Gasteiger partial charge in [-0.3, -0.25) is 0 Å². The van der Waals surface area contributed by atoms with Gasteiger partial charge in [-0.05, 0) is 40.5 Å². The molecular formula is C14H25NO2. The van der Waals surface area contributed by atoms with E-state index in [1.54, 1.807) is 11.0 Å². The van der Waals surface area contributed by atoms with Crippen molar-refractivity contribution < 1.29 is 9.53 Å². The van der Waals surface area contributed by atoms with Crippen molar-refractivity contribution in [1.29, 1.82) is 0 Å². The van der Waals surface area contributed by atoms with Crippen LogP contribution in [0.1, 0.15) is 40.5 Å². The quantitative estimate of drug-likeness (QED) is 0.521. The number of carbonyl (C=O) groups excluding carboxylic acids is 1. The third-order valence-electron chi connectivity index (χ3n) is 2.04. The summed E-state index contributed by atoms with van der Waals surface area (Å²) in [6, 6.07) is 0. The van der Waals surface area contributed by atoms with E-state index in [1.807, 2.05) is 33.8 Å². The highest BCUT2D eigenvalue weighted by Gasteiger charge is 2.20. The van der Waals surface area contributed by atoms with Crippen LogP contribution in [0.3, 0.4) is 0 Å². The summed E-state index contributed by atoms with van der Waals surface area (Å²) in [5.41, 5.74) is -0.445. The van der Waals surface area contributed by atoms with Crippen LogP contribution in [0.4, 0.5) is 4.79 Å². The molecule has 0 saturated carbocycles. The predicted molar refractivity (Wildman–Crippen MR) is 72.1 cm³/mol. The molecule has 0 aromatic rings. The van der Waals surface area contributed by atoms with Crippen molar-refractivity contribution in [2.75, 3.05) is 13.1 Å². The molecule has 0 rings (SSSR count). The molecule has 0 unspecified atom stereocenters. The largest absolute Gasteiger partial charge is 0.444 e. The zero-order chi connectivity index (χ0) is 13.3.